The summed E-state index contributed by atoms with van der Waals surface area (Å²) in [5.74, 6) is -0.810. The second kappa shape index (κ2) is 2.81. The molecule has 0 radical (unpaired) electrons. The first-order chi connectivity index (χ1) is 6.45. The van der Waals surface area contributed by atoms with Crippen molar-refractivity contribution < 1.29 is 14.3 Å². The lowest BCUT2D eigenvalue weighted by Gasteiger charge is -2.43. The van der Waals surface area contributed by atoms with Crippen LogP contribution >= 0.6 is 15.9 Å². The van der Waals surface area contributed by atoms with Crippen molar-refractivity contribution >= 4 is 27.9 Å². The molecule has 1 aliphatic heterocycles. The number of esters is 2. The molecule has 0 amide bonds. The molecule has 78 valence electrons. The molecule has 1 saturated carbocycles. The Morgan fingerprint density at radius 3 is 2.71 bits per heavy atom. The fourth-order valence-corrected chi connectivity index (χ4v) is 3.66. The lowest BCUT2D eigenvalue weighted by Crippen LogP contribution is -2.52. The Balaban J connectivity index is 2.51. The van der Waals surface area contributed by atoms with Gasteiger partial charge in [0.25, 0.3) is 0 Å². The van der Waals surface area contributed by atoms with E-state index in [9.17, 15) is 9.59 Å². The molecule has 0 spiro atoms. The first-order valence-corrected chi connectivity index (χ1v) is 5.90. The highest BCUT2D eigenvalue weighted by atomic mass is 79.9. The van der Waals surface area contributed by atoms with Crippen LogP contribution in [0.15, 0.2) is 0 Å². The van der Waals surface area contributed by atoms with Gasteiger partial charge in [-0.25, -0.2) is 0 Å². The lowest BCUT2D eigenvalue weighted by atomic mass is 9.64. The van der Waals surface area contributed by atoms with Crippen LogP contribution in [0.2, 0.25) is 0 Å². The van der Waals surface area contributed by atoms with Crippen LogP contribution in [0.25, 0.3) is 0 Å². The van der Waals surface area contributed by atoms with Gasteiger partial charge in [-0.1, -0.05) is 22.9 Å². The standard InChI is InChI=1S/C10H13BrO3/c1-9-4-3-6(10(9,2)5-11)7(12)14-8(9)13/h6H,3-5H2,1-2H3/t6-,9+,10-/m1/s1. The zero-order valence-electron chi connectivity index (χ0n) is 8.30. The van der Waals surface area contributed by atoms with Gasteiger partial charge in [0, 0.05) is 10.7 Å². The summed E-state index contributed by atoms with van der Waals surface area (Å²) in [5.41, 5.74) is -0.769. The highest BCUT2D eigenvalue weighted by molar-refractivity contribution is 9.09. The number of cyclic esters (lactones) is 2. The van der Waals surface area contributed by atoms with Crippen LogP contribution in [0.1, 0.15) is 26.7 Å². The van der Waals surface area contributed by atoms with Gasteiger partial charge in [-0.2, -0.15) is 0 Å². The number of hydrogen-bond donors (Lipinski definition) is 0. The molecule has 4 heteroatoms. The maximum absolute atomic E-state index is 11.7. The molecule has 1 heterocycles. The Bertz CT molecular complexity index is 314. The summed E-state index contributed by atoms with van der Waals surface area (Å²) < 4.78 is 4.77. The van der Waals surface area contributed by atoms with Crippen molar-refractivity contribution in [2.24, 2.45) is 16.7 Å². The molecule has 0 unspecified atom stereocenters. The molecule has 14 heavy (non-hydrogen) atoms. The van der Waals surface area contributed by atoms with Gasteiger partial charge in [0.15, 0.2) is 0 Å². The van der Waals surface area contributed by atoms with Gasteiger partial charge in [0.05, 0.1) is 11.3 Å². The normalized spacial score (nSPS) is 46.6. The van der Waals surface area contributed by atoms with Crippen molar-refractivity contribution in [2.45, 2.75) is 26.7 Å². The summed E-state index contributed by atoms with van der Waals surface area (Å²) in [7, 11) is 0. The minimum absolute atomic E-state index is 0.121. The molecule has 0 aromatic heterocycles. The molecule has 2 bridgehead atoms. The fourth-order valence-electron chi connectivity index (χ4n) is 2.65. The van der Waals surface area contributed by atoms with Gasteiger partial charge in [-0.05, 0) is 19.8 Å². The summed E-state index contributed by atoms with van der Waals surface area (Å²) in [6.45, 7) is 3.90. The second-order valence-corrected chi connectivity index (χ2v) is 5.24. The van der Waals surface area contributed by atoms with E-state index in [-0.39, 0.29) is 23.3 Å². The van der Waals surface area contributed by atoms with Crippen LogP contribution in [0.3, 0.4) is 0 Å². The van der Waals surface area contributed by atoms with Crippen molar-refractivity contribution in [3.63, 3.8) is 0 Å². The Kier molecular flexibility index (Phi) is 2.04. The summed E-state index contributed by atoms with van der Waals surface area (Å²) >= 11 is 3.42. The van der Waals surface area contributed by atoms with Crippen molar-refractivity contribution in [1.29, 1.82) is 0 Å². The average molecular weight is 261 g/mol. The summed E-state index contributed by atoms with van der Waals surface area (Å²) in [4.78, 5) is 23.2. The first kappa shape index (κ1) is 10.1. The molecule has 0 aromatic rings. The number of carbonyl (C=O) groups excluding carboxylic acids is 2. The summed E-state index contributed by atoms with van der Waals surface area (Å²) in [5, 5.41) is 0.669. The molecule has 0 N–H and O–H groups in total. The highest BCUT2D eigenvalue weighted by Crippen LogP contribution is 2.60. The monoisotopic (exact) mass is 260 g/mol. The summed E-state index contributed by atoms with van der Waals surface area (Å²) in [6.07, 6.45) is 1.52. The van der Waals surface area contributed by atoms with E-state index >= 15 is 0 Å². The van der Waals surface area contributed by atoms with Crippen molar-refractivity contribution in [2.75, 3.05) is 5.33 Å². The lowest BCUT2D eigenvalue weighted by molar-refractivity contribution is -0.184. The molecule has 1 saturated heterocycles. The zero-order chi connectivity index (χ0) is 10.6. The second-order valence-electron chi connectivity index (χ2n) is 4.68. The van der Waals surface area contributed by atoms with Crippen LogP contribution in [-0.2, 0) is 14.3 Å². The third-order valence-electron chi connectivity index (χ3n) is 4.17. The van der Waals surface area contributed by atoms with Gasteiger partial charge >= 0.3 is 11.9 Å². The van der Waals surface area contributed by atoms with Crippen LogP contribution in [0.4, 0.5) is 0 Å². The Morgan fingerprint density at radius 1 is 1.50 bits per heavy atom. The van der Waals surface area contributed by atoms with Gasteiger partial charge in [0.1, 0.15) is 0 Å². The van der Waals surface area contributed by atoms with E-state index in [1.54, 1.807) is 0 Å². The smallest absolute Gasteiger partial charge is 0.320 e. The molecular formula is C10H13BrO3. The minimum Gasteiger partial charge on any atom is -0.392 e. The van der Waals surface area contributed by atoms with Gasteiger partial charge in [0.2, 0.25) is 0 Å². The quantitative estimate of drug-likeness (QED) is 0.411. The Labute approximate surface area is 91.3 Å². The summed E-state index contributed by atoms with van der Waals surface area (Å²) in [6, 6.07) is 0. The molecule has 1 aliphatic carbocycles. The number of hydrogen-bond acceptors (Lipinski definition) is 3. The van der Waals surface area contributed by atoms with Crippen molar-refractivity contribution in [3.8, 4) is 0 Å². The van der Waals surface area contributed by atoms with Gasteiger partial charge in [-0.15, -0.1) is 0 Å². The van der Waals surface area contributed by atoms with Gasteiger partial charge in [-0.3, -0.25) is 9.59 Å². The predicted molar refractivity (Wildman–Crippen MR) is 53.8 cm³/mol. The number of ether oxygens (including phenoxy) is 1. The molecule has 0 aromatic carbocycles. The predicted octanol–water partition coefficient (Wildman–Crippen LogP) is 1.89. The van der Waals surface area contributed by atoms with E-state index in [2.05, 4.69) is 15.9 Å². The SMILES string of the molecule is C[C@]12CC[C@H](C(=O)OC1=O)[C@@]2(C)CBr. The first-order valence-electron chi connectivity index (χ1n) is 4.78. The zero-order valence-corrected chi connectivity index (χ0v) is 9.89. The van der Waals surface area contributed by atoms with Crippen LogP contribution in [0, 0.1) is 16.7 Å². The number of rotatable bonds is 1. The maximum atomic E-state index is 11.7. The molecular weight excluding hydrogens is 248 g/mol. The van der Waals surface area contributed by atoms with Crippen molar-refractivity contribution in [1.82, 2.24) is 0 Å². The molecule has 2 rings (SSSR count). The molecule has 2 fully saturated rings. The van der Waals surface area contributed by atoms with Crippen LogP contribution in [0.5, 0.6) is 0 Å². The molecule has 3 nitrogen and oxygen atoms in total. The van der Waals surface area contributed by atoms with E-state index < -0.39 is 5.41 Å². The van der Waals surface area contributed by atoms with Crippen molar-refractivity contribution in [3.05, 3.63) is 0 Å². The van der Waals surface area contributed by atoms with Crippen LogP contribution < -0.4 is 0 Å². The van der Waals surface area contributed by atoms with E-state index in [1.807, 2.05) is 13.8 Å². The number of halogens is 1. The van der Waals surface area contributed by atoms with Gasteiger partial charge < -0.3 is 4.74 Å². The maximum Gasteiger partial charge on any atom is 0.320 e. The third kappa shape index (κ3) is 0.926. The minimum atomic E-state index is -0.491. The number of fused-ring (bicyclic) bond motifs is 2. The number of carbonyl (C=O) groups is 2. The Hall–Kier alpha value is -0.380. The fraction of sp³-hybridized carbons (Fsp3) is 0.800. The molecule has 2 aliphatic rings. The van der Waals surface area contributed by atoms with E-state index in [1.165, 1.54) is 0 Å². The average Bonchev–Trinajstić information content (AvgIpc) is 2.34. The molecule has 3 atom stereocenters. The highest BCUT2D eigenvalue weighted by Gasteiger charge is 2.65. The van der Waals surface area contributed by atoms with Crippen LogP contribution in [-0.4, -0.2) is 17.3 Å². The van der Waals surface area contributed by atoms with E-state index in [4.69, 9.17) is 4.74 Å². The third-order valence-corrected chi connectivity index (χ3v) is 5.33. The number of alkyl halides is 1. The van der Waals surface area contributed by atoms with E-state index in [0.717, 1.165) is 12.8 Å². The topological polar surface area (TPSA) is 43.4 Å². The largest absolute Gasteiger partial charge is 0.392 e. The Morgan fingerprint density at radius 2 is 2.14 bits per heavy atom. The van der Waals surface area contributed by atoms with E-state index in [0.29, 0.717) is 5.33 Å².